The summed E-state index contributed by atoms with van der Waals surface area (Å²) in [5.41, 5.74) is 5.19. The predicted octanol–water partition coefficient (Wildman–Crippen LogP) is 1.47. The van der Waals surface area contributed by atoms with Crippen LogP contribution in [0.15, 0.2) is 0 Å². The van der Waals surface area contributed by atoms with Gasteiger partial charge in [0.05, 0.1) is 5.75 Å². The molecule has 0 heterocycles. The molecule has 98 valence electrons. The Morgan fingerprint density at radius 1 is 1.12 bits per heavy atom. The van der Waals surface area contributed by atoms with E-state index in [4.69, 9.17) is 5.73 Å². The molecule has 0 aromatic rings. The first-order valence-corrected chi connectivity index (χ1v) is 7.80. The van der Waals surface area contributed by atoms with Crippen molar-refractivity contribution in [1.29, 1.82) is 0 Å². The van der Waals surface area contributed by atoms with Crippen molar-refractivity contribution in [1.82, 2.24) is 4.72 Å². The lowest BCUT2D eigenvalue weighted by molar-refractivity contribution is 0.517. The Morgan fingerprint density at radius 3 is 2.31 bits per heavy atom. The van der Waals surface area contributed by atoms with Crippen molar-refractivity contribution in [3.05, 3.63) is 0 Å². The summed E-state index contributed by atoms with van der Waals surface area (Å²) in [7, 11) is -3.11. The van der Waals surface area contributed by atoms with Crippen molar-refractivity contribution in [3.63, 3.8) is 0 Å². The molecule has 0 saturated heterocycles. The molecule has 16 heavy (non-hydrogen) atoms. The molecule has 0 aromatic carbocycles. The van der Waals surface area contributed by atoms with Gasteiger partial charge in [-0.1, -0.05) is 39.5 Å². The maximum atomic E-state index is 11.2. The van der Waals surface area contributed by atoms with Gasteiger partial charge in [-0.25, -0.2) is 13.1 Å². The van der Waals surface area contributed by atoms with Gasteiger partial charge in [-0.3, -0.25) is 0 Å². The third-order valence-electron chi connectivity index (χ3n) is 2.42. The minimum Gasteiger partial charge on any atom is -0.329 e. The second-order valence-corrected chi connectivity index (χ2v) is 6.53. The molecule has 0 unspecified atom stereocenters. The molecule has 0 radical (unpaired) electrons. The number of unbranched alkanes of at least 4 members (excludes halogenated alkanes) is 3. The van der Waals surface area contributed by atoms with Crippen molar-refractivity contribution in [2.24, 2.45) is 11.7 Å². The zero-order valence-electron chi connectivity index (χ0n) is 10.5. The fraction of sp³-hybridized carbons (Fsp3) is 1.00. The van der Waals surface area contributed by atoms with Crippen molar-refractivity contribution >= 4 is 10.0 Å². The minimum atomic E-state index is -3.11. The van der Waals surface area contributed by atoms with Crippen LogP contribution in [0.5, 0.6) is 0 Å². The lowest BCUT2D eigenvalue weighted by atomic mass is 10.0. The summed E-state index contributed by atoms with van der Waals surface area (Å²) in [6.45, 7) is 5.18. The van der Waals surface area contributed by atoms with E-state index in [2.05, 4.69) is 18.6 Å². The van der Waals surface area contributed by atoms with E-state index in [9.17, 15) is 8.42 Å². The van der Waals surface area contributed by atoms with Crippen LogP contribution in [0, 0.1) is 5.92 Å². The highest BCUT2D eigenvalue weighted by Crippen LogP contribution is 2.08. The van der Waals surface area contributed by atoms with E-state index in [1.54, 1.807) is 0 Å². The van der Waals surface area contributed by atoms with Crippen LogP contribution < -0.4 is 10.5 Å². The summed E-state index contributed by atoms with van der Waals surface area (Å²) in [6.07, 6.45) is 5.71. The zero-order valence-corrected chi connectivity index (χ0v) is 11.4. The number of sulfonamides is 1. The average Bonchev–Trinajstić information content (AvgIpc) is 2.15. The van der Waals surface area contributed by atoms with Crippen LogP contribution in [0.4, 0.5) is 0 Å². The van der Waals surface area contributed by atoms with Gasteiger partial charge in [0.25, 0.3) is 0 Å². The van der Waals surface area contributed by atoms with E-state index in [0.29, 0.717) is 6.54 Å². The maximum absolute atomic E-state index is 11.2. The molecule has 0 aliphatic heterocycles. The topological polar surface area (TPSA) is 72.2 Å². The molecular formula is C11H26N2O2S. The second-order valence-electron chi connectivity index (χ2n) is 4.60. The molecule has 0 saturated carbocycles. The van der Waals surface area contributed by atoms with Crippen LogP contribution in [0.2, 0.25) is 0 Å². The Labute approximate surface area is 100 Å². The van der Waals surface area contributed by atoms with Crippen LogP contribution in [-0.2, 0) is 10.0 Å². The first-order valence-electron chi connectivity index (χ1n) is 6.15. The lowest BCUT2D eigenvalue weighted by Gasteiger charge is -2.06. The Balaban J connectivity index is 3.33. The average molecular weight is 250 g/mol. The smallest absolute Gasteiger partial charge is 0.212 e. The number of hydrogen-bond donors (Lipinski definition) is 2. The summed E-state index contributed by atoms with van der Waals surface area (Å²) in [6, 6.07) is 0. The van der Waals surface area contributed by atoms with Gasteiger partial charge in [0.1, 0.15) is 0 Å². The van der Waals surface area contributed by atoms with Crippen molar-refractivity contribution in [3.8, 4) is 0 Å². The van der Waals surface area contributed by atoms with Gasteiger partial charge in [0.15, 0.2) is 0 Å². The van der Waals surface area contributed by atoms with Crippen LogP contribution >= 0.6 is 0 Å². The Bertz CT molecular complexity index is 251. The van der Waals surface area contributed by atoms with E-state index < -0.39 is 10.0 Å². The van der Waals surface area contributed by atoms with Crippen molar-refractivity contribution in [2.75, 3.05) is 18.8 Å². The first kappa shape index (κ1) is 15.9. The standard InChI is InChI=1S/C11H26N2O2S/c1-11(2)7-5-3-4-6-9-13-16(14,15)10-8-12/h11,13H,3-10,12H2,1-2H3. The van der Waals surface area contributed by atoms with Crippen LogP contribution in [0.1, 0.15) is 46.0 Å². The molecule has 0 amide bonds. The van der Waals surface area contributed by atoms with Crippen molar-refractivity contribution in [2.45, 2.75) is 46.0 Å². The molecule has 0 fully saturated rings. The van der Waals surface area contributed by atoms with Gasteiger partial charge in [-0.2, -0.15) is 0 Å². The van der Waals surface area contributed by atoms with E-state index in [-0.39, 0.29) is 12.3 Å². The second kappa shape index (κ2) is 8.96. The fourth-order valence-corrected chi connectivity index (χ4v) is 2.40. The Morgan fingerprint density at radius 2 is 1.75 bits per heavy atom. The molecule has 0 spiro atoms. The Kier molecular flexibility index (Phi) is 8.89. The van der Waals surface area contributed by atoms with E-state index in [1.165, 1.54) is 19.3 Å². The number of nitrogens with one attached hydrogen (secondary N) is 1. The molecule has 4 nitrogen and oxygen atoms in total. The normalized spacial score (nSPS) is 12.2. The first-order chi connectivity index (χ1) is 7.48. The van der Waals surface area contributed by atoms with Crippen LogP contribution in [0.25, 0.3) is 0 Å². The van der Waals surface area contributed by atoms with Gasteiger partial charge in [0, 0.05) is 13.1 Å². The number of nitrogens with two attached hydrogens (primary N) is 1. The molecule has 5 heteroatoms. The van der Waals surface area contributed by atoms with Crippen LogP contribution in [-0.4, -0.2) is 27.3 Å². The zero-order chi connectivity index (χ0) is 12.4. The van der Waals surface area contributed by atoms with Gasteiger partial charge in [0.2, 0.25) is 10.0 Å². The fourth-order valence-electron chi connectivity index (χ4n) is 1.49. The highest BCUT2D eigenvalue weighted by molar-refractivity contribution is 7.89. The largest absolute Gasteiger partial charge is 0.329 e. The monoisotopic (exact) mass is 250 g/mol. The van der Waals surface area contributed by atoms with Gasteiger partial charge < -0.3 is 5.73 Å². The molecule has 3 N–H and O–H groups in total. The molecular weight excluding hydrogens is 224 g/mol. The van der Waals surface area contributed by atoms with E-state index in [0.717, 1.165) is 18.8 Å². The maximum Gasteiger partial charge on any atom is 0.212 e. The molecule has 0 aromatic heterocycles. The molecule has 0 atom stereocenters. The summed E-state index contributed by atoms with van der Waals surface area (Å²) < 4.78 is 25.0. The summed E-state index contributed by atoms with van der Waals surface area (Å²) in [5.74, 6) is 0.795. The summed E-state index contributed by atoms with van der Waals surface area (Å²) in [5, 5.41) is 0. The number of hydrogen-bond acceptors (Lipinski definition) is 3. The van der Waals surface area contributed by atoms with Crippen molar-refractivity contribution < 1.29 is 8.42 Å². The predicted molar refractivity (Wildman–Crippen MR) is 68.8 cm³/mol. The minimum absolute atomic E-state index is 0.0281. The van der Waals surface area contributed by atoms with E-state index in [1.807, 2.05) is 0 Å². The van der Waals surface area contributed by atoms with Gasteiger partial charge in [-0.15, -0.1) is 0 Å². The van der Waals surface area contributed by atoms with E-state index >= 15 is 0 Å². The molecule has 0 rings (SSSR count). The third-order valence-corrected chi connectivity index (χ3v) is 3.83. The quantitative estimate of drug-likeness (QED) is 0.577. The highest BCUT2D eigenvalue weighted by Gasteiger charge is 2.06. The summed E-state index contributed by atoms with van der Waals surface area (Å²) in [4.78, 5) is 0. The van der Waals surface area contributed by atoms with Crippen LogP contribution in [0.3, 0.4) is 0 Å². The van der Waals surface area contributed by atoms with Gasteiger partial charge >= 0.3 is 0 Å². The third kappa shape index (κ3) is 10.4. The molecule has 0 aliphatic rings. The number of rotatable bonds is 10. The highest BCUT2D eigenvalue weighted by atomic mass is 32.2. The van der Waals surface area contributed by atoms with Gasteiger partial charge in [-0.05, 0) is 12.3 Å². The lowest BCUT2D eigenvalue weighted by Crippen LogP contribution is -2.30. The Hall–Kier alpha value is -0.130. The molecule has 0 bridgehead atoms. The molecule has 0 aliphatic carbocycles. The summed E-state index contributed by atoms with van der Waals surface area (Å²) >= 11 is 0. The SMILES string of the molecule is CC(C)CCCCCCNS(=O)(=O)CCN.